The van der Waals surface area contributed by atoms with Crippen LogP contribution in [0.15, 0.2) is 6.20 Å². The molecule has 0 amide bonds. The van der Waals surface area contributed by atoms with Crippen molar-refractivity contribution >= 4 is 5.65 Å². The van der Waals surface area contributed by atoms with Gasteiger partial charge in [-0.2, -0.15) is 5.10 Å². The lowest BCUT2D eigenvalue weighted by molar-refractivity contribution is 0.880. The van der Waals surface area contributed by atoms with Gasteiger partial charge < -0.3 is 0 Å². The SMILES string of the molecule is CCc1nc(C)cn2nc(C)nc12. The van der Waals surface area contributed by atoms with Gasteiger partial charge in [-0.05, 0) is 20.3 Å². The summed E-state index contributed by atoms with van der Waals surface area (Å²) in [5.74, 6) is 0.794. The highest BCUT2D eigenvalue weighted by molar-refractivity contribution is 5.43. The number of nitrogens with zero attached hydrogens (tertiary/aromatic N) is 4. The Morgan fingerprint density at radius 3 is 2.77 bits per heavy atom. The van der Waals surface area contributed by atoms with Crippen LogP contribution in [0.25, 0.3) is 5.65 Å². The van der Waals surface area contributed by atoms with E-state index in [0.29, 0.717) is 0 Å². The predicted octanol–water partition coefficient (Wildman–Crippen LogP) is 1.30. The van der Waals surface area contributed by atoms with Gasteiger partial charge in [0.2, 0.25) is 0 Å². The van der Waals surface area contributed by atoms with E-state index in [4.69, 9.17) is 0 Å². The van der Waals surface area contributed by atoms with Crippen molar-refractivity contribution in [2.75, 3.05) is 0 Å². The maximum Gasteiger partial charge on any atom is 0.177 e. The molecule has 2 aromatic rings. The maximum atomic E-state index is 4.41. The van der Waals surface area contributed by atoms with Crippen molar-refractivity contribution in [2.24, 2.45) is 0 Å². The zero-order valence-corrected chi connectivity index (χ0v) is 8.07. The Labute approximate surface area is 76.6 Å². The van der Waals surface area contributed by atoms with E-state index in [1.165, 1.54) is 0 Å². The van der Waals surface area contributed by atoms with Crippen molar-refractivity contribution in [3.63, 3.8) is 0 Å². The molecule has 0 saturated carbocycles. The summed E-state index contributed by atoms with van der Waals surface area (Å²) in [6.45, 7) is 5.93. The van der Waals surface area contributed by atoms with Gasteiger partial charge in [0.05, 0.1) is 17.6 Å². The highest BCUT2D eigenvalue weighted by Gasteiger charge is 2.05. The van der Waals surface area contributed by atoms with Gasteiger partial charge in [-0.1, -0.05) is 6.92 Å². The average Bonchev–Trinajstić information content (AvgIpc) is 2.43. The zero-order chi connectivity index (χ0) is 9.42. The summed E-state index contributed by atoms with van der Waals surface area (Å²) >= 11 is 0. The first kappa shape index (κ1) is 8.16. The summed E-state index contributed by atoms with van der Waals surface area (Å²) in [5.41, 5.74) is 2.88. The van der Waals surface area contributed by atoms with Gasteiger partial charge in [-0.15, -0.1) is 0 Å². The van der Waals surface area contributed by atoms with Crippen LogP contribution in [0.1, 0.15) is 24.1 Å². The zero-order valence-electron chi connectivity index (χ0n) is 8.07. The molecule has 4 nitrogen and oxygen atoms in total. The molecular formula is C9H12N4. The predicted molar refractivity (Wildman–Crippen MR) is 49.6 cm³/mol. The van der Waals surface area contributed by atoms with Crippen molar-refractivity contribution in [1.82, 2.24) is 19.6 Å². The molecule has 2 heterocycles. The number of hydrogen-bond donors (Lipinski definition) is 0. The second-order valence-corrected chi connectivity index (χ2v) is 3.11. The molecule has 0 fully saturated rings. The number of rotatable bonds is 1. The second kappa shape index (κ2) is 2.80. The van der Waals surface area contributed by atoms with Crippen molar-refractivity contribution in [3.8, 4) is 0 Å². The minimum absolute atomic E-state index is 0.794. The van der Waals surface area contributed by atoms with Gasteiger partial charge >= 0.3 is 0 Å². The lowest BCUT2D eigenvalue weighted by atomic mass is 10.3. The molecule has 0 spiro atoms. The Morgan fingerprint density at radius 1 is 1.31 bits per heavy atom. The Kier molecular flexibility index (Phi) is 1.76. The van der Waals surface area contributed by atoms with Crippen molar-refractivity contribution < 1.29 is 0 Å². The summed E-state index contributed by atoms with van der Waals surface area (Å²) in [6.07, 6.45) is 2.79. The van der Waals surface area contributed by atoms with Gasteiger partial charge in [0, 0.05) is 0 Å². The quantitative estimate of drug-likeness (QED) is 0.657. The van der Waals surface area contributed by atoms with Crippen LogP contribution >= 0.6 is 0 Å². The summed E-state index contributed by atoms with van der Waals surface area (Å²) in [4.78, 5) is 8.72. The molecule has 4 heteroatoms. The molecule has 68 valence electrons. The first-order chi connectivity index (χ1) is 6.20. The van der Waals surface area contributed by atoms with Crippen LogP contribution in [0.5, 0.6) is 0 Å². The minimum atomic E-state index is 0.794. The molecule has 0 aliphatic heterocycles. The third-order valence-electron chi connectivity index (χ3n) is 1.95. The highest BCUT2D eigenvalue weighted by Crippen LogP contribution is 2.07. The third-order valence-corrected chi connectivity index (χ3v) is 1.95. The van der Waals surface area contributed by atoms with E-state index >= 15 is 0 Å². The monoisotopic (exact) mass is 176 g/mol. The van der Waals surface area contributed by atoms with E-state index < -0.39 is 0 Å². The van der Waals surface area contributed by atoms with Crippen molar-refractivity contribution in [3.05, 3.63) is 23.4 Å². The van der Waals surface area contributed by atoms with Crippen LogP contribution in [0.4, 0.5) is 0 Å². The Balaban J connectivity index is 2.80. The first-order valence-electron chi connectivity index (χ1n) is 4.40. The van der Waals surface area contributed by atoms with Gasteiger partial charge in [-0.3, -0.25) is 4.98 Å². The Bertz CT molecular complexity index is 444. The number of fused-ring (bicyclic) bond motifs is 1. The molecule has 0 radical (unpaired) electrons. The maximum absolute atomic E-state index is 4.41. The van der Waals surface area contributed by atoms with Crippen LogP contribution in [0, 0.1) is 13.8 Å². The van der Waals surface area contributed by atoms with Gasteiger partial charge in [-0.25, -0.2) is 9.50 Å². The fourth-order valence-electron chi connectivity index (χ4n) is 1.42. The molecule has 0 aliphatic rings. The molecule has 0 aromatic carbocycles. The van der Waals surface area contributed by atoms with E-state index in [1.54, 1.807) is 4.52 Å². The van der Waals surface area contributed by atoms with E-state index in [-0.39, 0.29) is 0 Å². The molecule has 0 atom stereocenters. The largest absolute Gasteiger partial charge is 0.253 e. The minimum Gasteiger partial charge on any atom is -0.253 e. The summed E-state index contributed by atoms with van der Waals surface area (Å²) < 4.78 is 1.80. The fourth-order valence-corrected chi connectivity index (χ4v) is 1.42. The topological polar surface area (TPSA) is 43.1 Å². The van der Waals surface area contributed by atoms with Crippen LogP contribution in [0.2, 0.25) is 0 Å². The van der Waals surface area contributed by atoms with Crippen LogP contribution in [-0.2, 0) is 6.42 Å². The summed E-state index contributed by atoms with van der Waals surface area (Å²) in [7, 11) is 0. The number of aromatic nitrogens is 4. The molecule has 0 bridgehead atoms. The lowest BCUT2D eigenvalue weighted by Gasteiger charge is -1.99. The fraction of sp³-hybridized carbons (Fsp3) is 0.444. The van der Waals surface area contributed by atoms with Gasteiger partial charge in [0.1, 0.15) is 5.82 Å². The molecule has 2 rings (SSSR count). The number of aryl methyl sites for hydroxylation is 3. The van der Waals surface area contributed by atoms with Gasteiger partial charge in [0.15, 0.2) is 5.65 Å². The molecule has 0 aliphatic carbocycles. The molecule has 0 unspecified atom stereocenters. The standard InChI is InChI=1S/C9H12N4/c1-4-8-9-11-7(3)12-13(9)5-6(2)10-8/h5H,4H2,1-3H3. The second-order valence-electron chi connectivity index (χ2n) is 3.11. The Morgan fingerprint density at radius 2 is 2.08 bits per heavy atom. The molecule has 0 saturated heterocycles. The molecule has 13 heavy (non-hydrogen) atoms. The summed E-state index contributed by atoms with van der Waals surface area (Å²) in [6, 6.07) is 0. The van der Waals surface area contributed by atoms with E-state index in [2.05, 4.69) is 22.0 Å². The molecule has 2 aromatic heterocycles. The van der Waals surface area contributed by atoms with Gasteiger partial charge in [0.25, 0.3) is 0 Å². The number of hydrogen-bond acceptors (Lipinski definition) is 3. The Hall–Kier alpha value is -1.45. The van der Waals surface area contributed by atoms with Crippen LogP contribution in [-0.4, -0.2) is 19.6 Å². The van der Waals surface area contributed by atoms with E-state index in [9.17, 15) is 0 Å². The van der Waals surface area contributed by atoms with Crippen molar-refractivity contribution in [1.29, 1.82) is 0 Å². The normalized spacial score (nSPS) is 11.0. The van der Waals surface area contributed by atoms with E-state index in [0.717, 1.165) is 29.3 Å². The van der Waals surface area contributed by atoms with Crippen molar-refractivity contribution in [2.45, 2.75) is 27.2 Å². The first-order valence-corrected chi connectivity index (χ1v) is 4.40. The molecule has 0 N–H and O–H groups in total. The van der Waals surface area contributed by atoms with Crippen LogP contribution in [0.3, 0.4) is 0 Å². The lowest BCUT2D eigenvalue weighted by Crippen LogP contribution is -1.98. The average molecular weight is 176 g/mol. The summed E-state index contributed by atoms with van der Waals surface area (Å²) in [5, 5.41) is 4.25. The van der Waals surface area contributed by atoms with Crippen LogP contribution < -0.4 is 0 Å². The molecular weight excluding hydrogens is 164 g/mol. The smallest absolute Gasteiger partial charge is 0.177 e. The van der Waals surface area contributed by atoms with E-state index in [1.807, 2.05) is 20.0 Å². The highest BCUT2D eigenvalue weighted by atomic mass is 15.3. The third kappa shape index (κ3) is 1.28.